The molecule has 0 radical (unpaired) electrons. The van der Waals surface area contributed by atoms with E-state index in [1.807, 2.05) is 36.4 Å². The molecule has 2 bridgehead atoms. The summed E-state index contributed by atoms with van der Waals surface area (Å²) in [5.74, 6) is 2.68. The molecule has 3 aliphatic rings. The van der Waals surface area contributed by atoms with E-state index in [-0.39, 0.29) is 17.2 Å². The van der Waals surface area contributed by atoms with E-state index in [1.54, 1.807) is 0 Å². The normalized spacial score (nSPS) is 21.6. The highest BCUT2D eigenvalue weighted by atomic mass is 32.1. The van der Waals surface area contributed by atoms with Gasteiger partial charge in [0.15, 0.2) is 5.13 Å². The molecule has 2 aromatic carbocycles. The van der Waals surface area contributed by atoms with Gasteiger partial charge >= 0.3 is 0 Å². The number of nitriles is 1. The van der Waals surface area contributed by atoms with Crippen molar-refractivity contribution in [2.75, 3.05) is 16.8 Å². The summed E-state index contributed by atoms with van der Waals surface area (Å²) in [6.45, 7) is 11.4. The van der Waals surface area contributed by atoms with Crippen molar-refractivity contribution < 1.29 is 4.79 Å². The number of nitrogens with one attached hydrogen (secondary N) is 1. The first-order valence-electron chi connectivity index (χ1n) is 17.8. The Bertz CT molecular complexity index is 2070. The third-order valence-electron chi connectivity index (χ3n) is 11.3. The van der Waals surface area contributed by atoms with E-state index in [2.05, 4.69) is 77.8 Å². The molecule has 1 amide bonds. The van der Waals surface area contributed by atoms with Gasteiger partial charge in [-0.2, -0.15) is 5.26 Å². The lowest BCUT2D eigenvalue weighted by atomic mass is 9.70. The number of anilines is 2. The van der Waals surface area contributed by atoms with Crippen molar-refractivity contribution in [1.82, 2.24) is 14.5 Å². The number of aromatic nitrogens is 3. The van der Waals surface area contributed by atoms with Gasteiger partial charge in [-0.25, -0.2) is 9.97 Å². The second-order valence-corrected chi connectivity index (χ2v) is 16.3. The molecule has 1 aliphatic heterocycles. The van der Waals surface area contributed by atoms with E-state index in [0.29, 0.717) is 17.2 Å². The highest BCUT2D eigenvalue weighted by molar-refractivity contribution is 7.22. The molecule has 2 fully saturated rings. The molecule has 0 spiro atoms. The number of amides is 1. The quantitative estimate of drug-likeness (QED) is 0.187. The van der Waals surface area contributed by atoms with Gasteiger partial charge in [-0.1, -0.05) is 69.2 Å². The minimum Gasteiger partial charge on any atom is -0.352 e. The van der Waals surface area contributed by atoms with Crippen molar-refractivity contribution in [3.63, 3.8) is 0 Å². The maximum absolute atomic E-state index is 13.6. The van der Waals surface area contributed by atoms with Crippen LogP contribution in [-0.2, 0) is 19.5 Å². The molecule has 250 valence electrons. The summed E-state index contributed by atoms with van der Waals surface area (Å²) in [5.41, 5.74) is 9.20. The average Bonchev–Trinajstić information content (AvgIpc) is 3.77. The fraction of sp³-hybridized carbons (Fsp3) is 0.415. The monoisotopic (exact) mass is 668 g/mol. The van der Waals surface area contributed by atoms with Gasteiger partial charge in [0, 0.05) is 42.0 Å². The number of nitrogens with zero attached hydrogens (tertiary/aromatic N) is 5. The first-order valence-corrected chi connectivity index (χ1v) is 18.6. The van der Waals surface area contributed by atoms with Crippen molar-refractivity contribution >= 4 is 38.4 Å². The zero-order valence-corrected chi connectivity index (χ0v) is 29.7. The number of rotatable bonds is 7. The van der Waals surface area contributed by atoms with Gasteiger partial charge in [0.25, 0.3) is 5.91 Å². The van der Waals surface area contributed by atoms with Crippen LogP contribution in [0.5, 0.6) is 0 Å². The zero-order chi connectivity index (χ0) is 33.9. The molecule has 1 N–H and O–H groups in total. The number of hydrogen-bond acceptors (Lipinski definition) is 6. The first-order chi connectivity index (χ1) is 23.7. The molecule has 3 aromatic heterocycles. The van der Waals surface area contributed by atoms with Gasteiger partial charge < -0.3 is 9.47 Å². The topological polar surface area (TPSA) is 86.8 Å². The van der Waals surface area contributed by atoms with Gasteiger partial charge in [0.2, 0.25) is 0 Å². The fourth-order valence-corrected chi connectivity index (χ4v) is 10.00. The predicted molar refractivity (Wildman–Crippen MR) is 198 cm³/mol. The Morgan fingerprint density at radius 3 is 2.61 bits per heavy atom. The maximum atomic E-state index is 13.6. The minimum absolute atomic E-state index is 0.132. The lowest BCUT2D eigenvalue weighted by molar-refractivity contribution is 0.102. The van der Waals surface area contributed by atoms with E-state index in [0.717, 1.165) is 81.2 Å². The summed E-state index contributed by atoms with van der Waals surface area (Å²) in [6.07, 6.45) is 7.51. The van der Waals surface area contributed by atoms with Crippen LogP contribution in [0, 0.1) is 35.5 Å². The van der Waals surface area contributed by atoms with Crippen molar-refractivity contribution in [2.45, 2.75) is 85.2 Å². The van der Waals surface area contributed by atoms with Crippen LogP contribution in [0.4, 0.5) is 10.9 Å². The second-order valence-electron chi connectivity index (χ2n) is 15.3. The fourth-order valence-electron chi connectivity index (χ4n) is 9.14. The Hall–Kier alpha value is -4.48. The number of hydrogen-bond donors (Lipinski definition) is 1. The highest BCUT2D eigenvalue weighted by Gasteiger charge is 2.41. The molecular formula is C41H44N6OS. The van der Waals surface area contributed by atoms with Crippen LogP contribution in [0.2, 0.25) is 0 Å². The number of fused-ring (bicyclic) bond motifs is 4. The molecule has 2 aliphatic carbocycles. The Kier molecular flexibility index (Phi) is 8.07. The molecule has 4 heterocycles. The van der Waals surface area contributed by atoms with Gasteiger partial charge in [0.05, 0.1) is 15.9 Å². The zero-order valence-electron chi connectivity index (χ0n) is 28.9. The lowest BCUT2D eigenvalue weighted by Gasteiger charge is -2.38. The molecule has 8 heteroatoms. The number of para-hydroxylation sites is 1. The van der Waals surface area contributed by atoms with Crippen LogP contribution < -0.4 is 10.2 Å². The van der Waals surface area contributed by atoms with Crippen LogP contribution >= 0.6 is 11.3 Å². The second kappa shape index (κ2) is 12.4. The average molecular weight is 669 g/mol. The Morgan fingerprint density at radius 2 is 1.86 bits per heavy atom. The van der Waals surface area contributed by atoms with Gasteiger partial charge in [-0.05, 0) is 103 Å². The third-order valence-corrected chi connectivity index (χ3v) is 12.3. The van der Waals surface area contributed by atoms with Crippen LogP contribution in [0.25, 0.3) is 21.3 Å². The van der Waals surface area contributed by atoms with E-state index in [9.17, 15) is 10.1 Å². The van der Waals surface area contributed by atoms with Crippen molar-refractivity contribution in [3.8, 4) is 17.2 Å². The van der Waals surface area contributed by atoms with Crippen molar-refractivity contribution in [3.05, 3.63) is 94.4 Å². The van der Waals surface area contributed by atoms with E-state index < -0.39 is 0 Å². The smallest absolute Gasteiger partial charge is 0.257 e. The number of carbonyl (C=O) groups excluding carboxylic acids is 1. The van der Waals surface area contributed by atoms with E-state index >= 15 is 0 Å². The van der Waals surface area contributed by atoms with E-state index in [4.69, 9.17) is 4.98 Å². The summed E-state index contributed by atoms with van der Waals surface area (Å²) >= 11 is 1.49. The van der Waals surface area contributed by atoms with Crippen molar-refractivity contribution in [2.24, 2.45) is 17.3 Å². The Labute approximate surface area is 293 Å². The molecular weight excluding hydrogens is 625 g/mol. The molecule has 2 atom stereocenters. The number of benzene rings is 2. The Morgan fingerprint density at radius 1 is 1.06 bits per heavy atom. The molecule has 5 aromatic rings. The molecule has 2 saturated carbocycles. The molecule has 7 nitrogen and oxygen atoms in total. The summed E-state index contributed by atoms with van der Waals surface area (Å²) in [4.78, 5) is 25.8. The highest BCUT2D eigenvalue weighted by Crippen LogP contribution is 2.51. The standard InChI is InChI=1S/C41H44N6OS/c1-25(2)38-31(33-19-30(22-42)47(26(33)3)24-41(4)20-27-12-13-28(18-27)21-41)14-15-37(44-38)46-17-16-29-8-7-9-32(34(29)23-46)39(48)45-40-43-35-10-5-6-11-36(35)49-40/h5-11,14-15,19,25,27-28H,12-13,16-18,20-21,23-24H2,1-4H3,(H,43,45,48). The maximum Gasteiger partial charge on any atom is 0.257 e. The molecule has 8 rings (SSSR count). The molecule has 2 unspecified atom stereocenters. The van der Waals surface area contributed by atoms with Gasteiger partial charge in [-0.3, -0.25) is 10.1 Å². The first kappa shape index (κ1) is 31.8. The number of thiazole rings is 1. The van der Waals surface area contributed by atoms with Crippen LogP contribution in [0.3, 0.4) is 0 Å². The van der Waals surface area contributed by atoms with Gasteiger partial charge in [-0.15, -0.1) is 0 Å². The molecule has 49 heavy (non-hydrogen) atoms. The van der Waals surface area contributed by atoms with Crippen molar-refractivity contribution in [1.29, 1.82) is 5.26 Å². The number of carbonyl (C=O) groups is 1. The molecule has 0 saturated heterocycles. The summed E-state index contributed by atoms with van der Waals surface area (Å²) in [7, 11) is 0. The lowest BCUT2D eigenvalue weighted by Crippen LogP contribution is -2.33. The largest absolute Gasteiger partial charge is 0.352 e. The van der Waals surface area contributed by atoms with Crippen LogP contribution in [-0.4, -0.2) is 27.0 Å². The summed E-state index contributed by atoms with van der Waals surface area (Å²) < 4.78 is 3.34. The minimum atomic E-state index is -0.132. The van der Waals surface area contributed by atoms with Crippen LogP contribution in [0.1, 0.15) is 97.4 Å². The number of pyridine rings is 1. The Balaban J connectivity index is 1.07. The van der Waals surface area contributed by atoms with Crippen LogP contribution in [0.15, 0.2) is 60.7 Å². The third kappa shape index (κ3) is 5.93. The van der Waals surface area contributed by atoms with E-state index in [1.165, 1.54) is 49.0 Å². The SMILES string of the molecule is Cc1c(-c2ccc(N3CCc4cccc(C(=O)Nc5nc6ccccc6s5)c4C3)nc2C(C)C)cc(C#N)n1CC1(C)CC2CCC(C2)C1. The summed E-state index contributed by atoms with van der Waals surface area (Å²) in [6, 6.07) is 22.9. The predicted octanol–water partition coefficient (Wildman–Crippen LogP) is 9.49. The van der Waals surface area contributed by atoms with Gasteiger partial charge in [0.1, 0.15) is 17.6 Å². The summed E-state index contributed by atoms with van der Waals surface area (Å²) in [5, 5.41) is 13.9.